The lowest BCUT2D eigenvalue weighted by Gasteiger charge is -2.11. The van der Waals surface area contributed by atoms with Gasteiger partial charge in [-0.25, -0.2) is 18.1 Å². The average molecular weight is 333 g/mol. The van der Waals surface area contributed by atoms with Crippen molar-refractivity contribution in [2.24, 2.45) is 0 Å². The summed E-state index contributed by atoms with van der Waals surface area (Å²) in [4.78, 5) is 4.08. The Labute approximate surface area is 125 Å². The summed E-state index contributed by atoms with van der Waals surface area (Å²) in [7, 11) is -4.08. The van der Waals surface area contributed by atoms with E-state index in [-0.39, 0.29) is 0 Å². The van der Waals surface area contributed by atoms with Crippen molar-refractivity contribution < 1.29 is 21.6 Å². The Balaban J connectivity index is 1.87. The molecule has 2 aromatic rings. The minimum absolute atomic E-state index is 0.399. The van der Waals surface area contributed by atoms with Crippen LogP contribution >= 0.6 is 0 Å². The van der Waals surface area contributed by atoms with E-state index >= 15 is 0 Å². The highest BCUT2D eigenvalue weighted by Crippen LogP contribution is 2.40. The second-order valence-electron chi connectivity index (χ2n) is 5.43. The van der Waals surface area contributed by atoms with E-state index in [9.17, 15) is 21.6 Å². The minimum Gasteiger partial charge on any atom is -0.307 e. The molecule has 1 saturated carbocycles. The molecule has 2 aromatic heterocycles. The zero-order valence-electron chi connectivity index (χ0n) is 11.5. The van der Waals surface area contributed by atoms with Gasteiger partial charge in [-0.15, -0.1) is 0 Å². The first-order chi connectivity index (χ1) is 10.2. The van der Waals surface area contributed by atoms with E-state index in [1.807, 2.05) is 6.20 Å². The molecule has 0 radical (unpaired) electrons. The highest BCUT2D eigenvalue weighted by atomic mass is 32.2. The van der Waals surface area contributed by atoms with Gasteiger partial charge in [0.15, 0.2) is 0 Å². The van der Waals surface area contributed by atoms with Crippen molar-refractivity contribution in [3.63, 3.8) is 0 Å². The molecule has 0 aliphatic heterocycles. The third kappa shape index (κ3) is 3.58. The number of halogens is 3. The zero-order chi connectivity index (χ0) is 16.0. The Morgan fingerprint density at radius 1 is 1.36 bits per heavy atom. The number of nitrogens with zero attached hydrogens (tertiary/aromatic N) is 2. The maximum Gasteiger partial charge on any atom is 0.402 e. The van der Waals surface area contributed by atoms with Crippen molar-refractivity contribution in [1.82, 2.24) is 14.1 Å². The van der Waals surface area contributed by atoms with Gasteiger partial charge in [-0.1, -0.05) is 0 Å². The number of nitrogens with one attached hydrogen (secondary N) is 1. The molecule has 0 saturated heterocycles. The molecule has 0 bridgehead atoms. The second-order valence-corrected chi connectivity index (χ2v) is 7.23. The van der Waals surface area contributed by atoms with Gasteiger partial charge in [-0.05, 0) is 30.4 Å². The highest BCUT2D eigenvalue weighted by molar-refractivity contribution is 7.88. The number of fused-ring (bicyclic) bond motifs is 1. The van der Waals surface area contributed by atoms with Crippen LogP contribution in [0.1, 0.15) is 29.9 Å². The number of imidazole rings is 1. The summed E-state index contributed by atoms with van der Waals surface area (Å²) in [6.45, 7) is -1.57. The van der Waals surface area contributed by atoms with Gasteiger partial charge in [0.25, 0.3) is 0 Å². The van der Waals surface area contributed by atoms with Crippen molar-refractivity contribution in [1.29, 1.82) is 0 Å². The van der Waals surface area contributed by atoms with Crippen LogP contribution in [0.5, 0.6) is 0 Å². The third-order valence-corrected chi connectivity index (χ3v) is 4.75. The van der Waals surface area contributed by atoms with Crippen molar-refractivity contribution >= 4 is 15.7 Å². The monoisotopic (exact) mass is 333 g/mol. The molecule has 0 atom stereocenters. The van der Waals surface area contributed by atoms with Crippen LogP contribution in [-0.4, -0.2) is 30.5 Å². The van der Waals surface area contributed by atoms with Gasteiger partial charge in [-0.2, -0.15) is 13.2 Å². The molecule has 120 valence electrons. The Morgan fingerprint density at radius 3 is 2.73 bits per heavy atom. The van der Waals surface area contributed by atoms with E-state index < -0.39 is 28.5 Å². The van der Waals surface area contributed by atoms with Crippen molar-refractivity contribution in [3.05, 3.63) is 35.8 Å². The molecule has 9 heteroatoms. The Bertz CT molecular complexity index is 794. The molecule has 0 spiro atoms. The quantitative estimate of drug-likeness (QED) is 0.912. The topological polar surface area (TPSA) is 63.5 Å². The zero-order valence-corrected chi connectivity index (χ0v) is 12.3. The van der Waals surface area contributed by atoms with Gasteiger partial charge in [0, 0.05) is 24.2 Å². The van der Waals surface area contributed by atoms with E-state index in [4.69, 9.17) is 0 Å². The van der Waals surface area contributed by atoms with Crippen LogP contribution in [0.15, 0.2) is 24.7 Å². The molecule has 5 nitrogen and oxygen atoms in total. The summed E-state index contributed by atoms with van der Waals surface area (Å²) in [6.07, 6.45) is 2.62. The number of pyridine rings is 1. The van der Waals surface area contributed by atoms with Gasteiger partial charge in [0.2, 0.25) is 10.0 Å². The van der Waals surface area contributed by atoms with Crippen LogP contribution in [-0.2, 0) is 15.8 Å². The Hall–Kier alpha value is -1.61. The summed E-state index contributed by atoms with van der Waals surface area (Å²) < 4.78 is 63.5. The van der Waals surface area contributed by atoms with Crippen LogP contribution in [0, 0.1) is 0 Å². The Kier molecular flexibility index (Phi) is 3.64. The summed E-state index contributed by atoms with van der Waals surface area (Å²) in [5, 5.41) is 0. The maximum atomic E-state index is 12.2. The van der Waals surface area contributed by atoms with Crippen molar-refractivity contribution in [3.8, 4) is 0 Å². The number of hydrogen-bond acceptors (Lipinski definition) is 3. The fraction of sp³-hybridized carbons (Fsp3) is 0.462. The van der Waals surface area contributed by atoms with Gasteiger partial charge >= 0.3 is 6.18 Å². The first kappa shape index (κ1) is 15.3. The molecular formula is C13H14F3N3O2S. The molecule has 0 amide bonds. The predicted octanol–water partition coefficient (Wildman–Crippen LogP) is 2.19. The SMILES string of the molecule is O=S(=O)(Cc1cc(C2CC2)cn2ccnc12)NCC(F)(F)F. The van der Waals surface area contributed by atoms with Gasteiger partial charge < -0.3 is 4.40 Å². The second kappa shape index (κ2) is 5.24. The molecule has 22 heavy (non-hydrogen) atoms. The molecule has 3 rings (SSSR count). The lowest BCUT2D eigenvalue weighted by Crippen LogP contribution is -2.34. The standard InChI is InChI=1S/C13H14F3N3O2S/c14-13(15,16)8-18-22(20,21)7-11-5-10(9-1-2-9)6-19-4-3-17-12(11)19/h3-6,9,18H,1-2,7-8H2. The molecule has 1 aliphatic carbocycles. The summed E-state index contributed by atoms with van der Waals surface area (Å²) in [6, 6.07) is 1.73. The van der Waals surface area contributed by atoms with Crippen LogP contribution in [0.4, 0.5) is 13.2 Å². The van der Waals surface area contributed by atoms with E-state index in [1.54, 1.807) is 21.4 Å². The number of rotatable bonds is 5. The highest BCUT2D eigenvalue weighted by Gasteiger charge is 2.30. The molecule has 0 aromatic carbocycles. The van der Waals surface area contributed by atoms with Gasteiger partial charge in [0.05, 0.1) is 5.75 Å². The van der Waals surface area contributed by atoms with Crippen LogP contribution in [0.3, 0.4) is 0 Å². The first-order valence-electron chi connectivity index (χ1n) is 6.73. The molecule has 1 N–H and O–H groups in total. The molecule has 1 fully saturated rings. The lowest BCUT2D eigenvalue weighted by molar-refractivity contribution is -0.121. The van der Waals surface area contributed by atoms with Crippen LogP contribution in [0.25, 0.3) is 5.65 Å². The smallest absolute Gasteiger partial charge is 0.307 e. The van der Waals surface area contributed by atoms with E-state index in [1.165, 1.54) is 6.20 Å². The van der Waals surface area contributed by atoms with Crippen molar-refractivity contribution in [2.45, 2.75) is 30.7 Å². The van der Waals surface area contributed by atoms with E-state index in [2.05, 4.69) is 4.98 Å². The number of hydrogen-bond donors (Lipinski definition) is 1. The van der Waals surface area contributed by atoms with E-state index in [0.29, 0.717) is 17.1 Å². The number of aromatic nitrogens is 2. The fourth-order valence-corrected chi connectivity index (χ4v) is 3.43. The number of alkyl halides is 3. The summed E-state index contributed by atoms with van der Waals surface area (Å²) in [5.41, 5.74) is 1.84. The summed E-state index contributed by atoms with van der Waals surface area (Å²) in [5.74, 6) is -0.124. The van der Waals surface area contributed by atoms with Gasteiger partial charge in [0.1, 0.15) is 12.2 Å². The average Bonchev–Trinajstić information content (AvgIpc) is 3.14. The summed E-state index contributed by atoms with van der Waals surface area (Å²) >= 11 is 0. The Morgan fingerprint density at radius 2 is 2.09 bits per heavy atom. The molecule has 1 aliphatic rings. The van der Waals surface area contributed by atoms with Gasteiger partial charge in [-0.3, -0.25) is 0 Å². The first-order valence-corrected chi connectivity index (χ1v) is 8.38. The predicted molar refractivity (Wildman–Crippen MR) is 73.8 cm³/mol. The largest absolute Gasteiger partial charge is 0.402 e. The van der Waals surface area contributed by atoms with Crippen LogP contribution in [0.2, 0.25) is 0 Å². The minimum atomic E-state index is -4.58. The lowest BCUT2D eigenvalue weighted by atomic mass is 10.1. The van der Waals surface area contributed by atoms with Crippen molar-refractivity contribution in [2.75, 3.05) is 6.54 Å². The maximum absolute atomic E-state index is 12.2. The van der Waals surface area contributed by atoms with Crippen LogP contribution < -0.4 is 4.72 Å². The molecular weight excluding hydrogens is 319 g/mol. The van der Waals surface area contributed by atoms with E-state index in [0.717, 1.165) is 18.4 Å². The molecule has 0 unspecified atom stereocenters. The normalized spacial score (nSPS) is 16.3. The third-order valence-electron chi connectivity index (χ3n) is 3.47. The molecule has 2 heterocycles. The fourth-order valence-electron chi connectivity index (χ4n) is 2.32. The number of sulfonamides is 1.